The summed E-state index contributed by atoms with van der Waals surface area (Å²) in [5, 5.41) is 7.29. The van der Waals surface area contributed by atoms with Gasteiger partial charge in [0.2, 0.25) is 5.91 Å². The minimum absolute atomic E-state index is 0.236. The molecule has 0 bridgehead atoms. The van der Waals surface area contributed by atoms with Crippen LogP contribution in [0.3, 0.4) is 0 Å². The van der Waals surface area contributed by atoms with E-state index in [1.165, 1.54) is 0 Å². The molecular formula is C19H27N5O. The fraction of sp³-hybridized carbons (Fsp3) is 0.579. The van der Waals surface area contributed by atoms with E-state index in [1.54, 1.807) is 12.4 Å². The highest BCUT2D eigenvalue weighted by Gasteiger charge is 2.31. The molecule has 2 aromatic heterocycles. The second kappa shape index (κ2) is 6.94. The molecule has 6 nitrogen and oxygen atoms in total. The number of aryl methyl sites for hydroxylation is 1. The number of nitrogens with zero attached hydrogens (tertiary/aromatic N) is 4. The van der Waals surface area contributed by atoms with Gasteiger partial charge in [-0.2, -0.15) is 5.10 Å². The maximum atomic E-state index is 12.6. The number of hydrogen-bond acceptors (Lipinski definition) is 4. The number of rotatable bonds is 3. The van der Waals surface area contributed by atoms with E-state index in [0.717, 1.165) is 55.1 Å². The molecule has 1 unspecified atom stereocenters. The van der Waals surface area contributed by atoms with Crippen LogP contribution in [-0.2, 0) is 11.2 Å². The molecule has 3 heterocycles. The molecule has 0 saturated carbocycles. The van der Waals surface area contributed by atoms with Crippen molar-refractivity contribution in [1.82, 2.24) is 25.1 Å². The monoisotopic (exact) mass is 341 g/mol. The summed E-state index contributed by atoms with van der Waals surface area (Å²) in [6.07, 6.45) is 6.43. The van der Waals surface area contributed by atoms with E-state index in [1.807, 2.05) is 38.7 Å². The largest absolute Gasteiger partial charge is 0.342 e. The fourth-order valence-electron chi connectivity index (χ4n) is 3.43. The molecule has 6 heteroatoms. The molecule has 0 aromatic carbocycles. The van der Waals surface area contributed by atoms with E-state index in [0.29, 0.717) is 5.92 Å². The lowest BCUT2D eigenvalue weighted by atomic mass is 9.89. The van der Waals surface area contributed by atoms with Crippen LogP contribution in [0.15, 0.2) is 18.5 Å². The number of likely N-dealkylation sites (tertiary alicyclic amines) is 1. The van der Waals surface area contributed by atoms with Crippen LogP contribution in [0.25, 0.3) is 11.4 Å². The molecule has 1 fully saturated rings. The molecule has 1 N–H and O–H groups in total. The number of carbonyl (C=O) groups excluding carboxylic acids is 1. The zero-order chi connectivity index (χ0) is 18.0. The Morgan fingerprint density at radius 2 is 2.08 bits per heavy atom. The van der Waals surface area contributed by atoms with Gasteiger partial charge in [-0.3, -0.25) is 19.9 Å². The first kappa shape index (κ1) is 17.6. The summed E-state index contributed by atoms with van der Waals surface area (Å²) < 4.78 is 0. The molecule has 25 heavy (non-hydrogen) atoms. The van der Waals surface area contributed by atoms with E-state index < -0.39 is 0 Å². The Balaban J connectivity index is 1.76. The van der Waals surface area contributed by atoms with Crippen LogP contribution in [0, 0.1) is 18.3 Å². The second-order valence-corrected chi connectivity index (χ2v) is 8.00. The predicted octanol–water partition coefficient (Wildman–Crippen LogP) is 3.00. The van der Waals surface area contributed by atoms with E-state index in [-0.39, 0.29) is 11.3 Å². The van der Waals surface area contributed by atoms with Crippen LogP contribution in [0.4, 0.5) is 0 Å². The van der Waals surface area contributed by atoms with Gasteiger partial charge in [-0.25, -0.2) is 0 Å². The van der Waals surface area contributed by atoms with Crippen LogP contribution in [0.2, 0.25) is 0 Å². The third-order valence-electron chi connectivity index (χ3n) is 4.65. The van der Waals surface area contributed by atoms with Gasteiger partial charge in [0, 0.05) is 36.6 Å². The number of aromatic nitrogens is 4. The smallest absolute Gasteiger partial charge is 0.227 e. The molecular weight excluding hydrogens is 314 g/mol. The molecule has 0 aliphatic carbocycles. The van der Waals surface area contributed by atoms with Crippen LogP contribution in [0.5, 0.6) is 0 Å². The van der Waals surface area contributed by atoms with Gasteiger partial charge in [0.15, 0.2) is 0 Å². The summed E-state index contributed by atoms with van der Waals surface area (Å²) in [4.78, 5) is 23.7. The molecule has 134 valence electrons. The lowest BCUT2D eigenvalue weighted by Crippen LogP contribution is -2.45. The Bertz CT molecular complexity index is 746. The van der Waals surface area contributed by atoms with E-state index in [2.05, 4.69) is 20.2 Å². The Morgan fingerprint density at radius 3 is 2.76 bits per heavy atom. The number of amides is 1. The number of H-pyrrole nitrogens is 1. The molecule has 1 saturated heterocycles. The molecule has 3 rings (SSSR count). The Kier molecular flexibility index (Phi) is 4.88. The number of aromatic amines is 1. The summed E-state index contributed by atoms with van der Waals surface area (Å²) in [6, 6.07) is 1.99. The van der Waals surface area contributed by atoms with Crippen molar-refractivity contribution >= 4 is 5.91 Å². The van der Waals surface area contributed by atoms with Crippen LogP contribution >= 0.6 is 0 Å². The average Bonchev–Trinajstić information content (AvgIpc) is 3.00. The minimum Gasteiger partial charge on any atom is -0.342 e. The summed E-state index contributed by atoms with van der Waals surface area (Å²) in [5.74, 6) is 0.648. The van der Waals surface area contributed by atoms with Gasteiger partial charge in [0.1, 0.15) is 11.4 Å². The van der Waals surface area contributed by atoms with E-state index in [9.17, 15) is 4.79 Å². The third kappa shape index (κ3) is 4.06. The standard InChI is InChI=1S/C19H27N5O/c1-13-10-16(23-22-13)17-15(20-7-8-21-17)11-14-6-5-9-24(12-14)18(25)19(2,3)4/h7-8,10,14H,5-6,9,11-12H2,1-4H3,(H,22,23). The first-order chi connectivity index (χ1) is 11.8. The summed E-state index contributed by atoms with van der Waals surface area (Å²) in [7, 11) is 0. The Morgan fingerprint density at radius 1 is 1.32 bits per heavy atom. The first-order valence-corrected chi connectivity index (χ1v) is 8.96. The second-order valence-electron chi connectivity index (χ2n) is 8.00. The topological polar surface area (TPSA) is 74.8 Å². The van der Waals surface area contributed by atoms with Crippen LogP contribution < -0.4 is 0 Å². The molecule has 1 aliphatic rings. The number of piperidine rings is 1. The number of carbonyl (C=O) groups is 1. The van der Waals surface area contributed by atoms with Crippen molar-refractivity contribution < 1.29 is 4.79 Å². The van der Waals surface area contributed by atoms with Crippen LogP contribution in [-0.4, -0.2) is 44.1 Å². The van der Waals surface area contributed by atoms with Gasteiger partial charge in [-0.15, -0.1) is 0 Å². The van der Waals surface area contributed by atoms with Gasteiger partial charge in [0.25, 0.3) is 0 Å². The van der Waals surface area contributed by atoms with Crippen molar-refractivity contribution in [3.8, 4) is 11.4 Å². The molecule has 2 aromatic rings. The van der Waals surface area contributed by atoms with Crippen molar-refractivity contribution in [2.75, 3.05) is 13.1 Å². The van der Waals surface area contributed by atoms with Gasteiger partial charge in [0.05, 0.1) is 5.69 Å². The Hall–Kier alpha value is -2.24. The van der Waals surface area contributed by atoms with E-state index >= 15 is 0 Å². The summed E-state index contributed by atoms with van der Waals surface area (Å²) >= 11 is 0. The summed E-state index contributed by atoms with van der Waals surface area (Å²) in [5.41, 5.74) is 3.31. The third-order valence-corrected chi connectivity index (χ3v) is 4.65. The van der Waals surface area contributed by atoms with Crippen molar-refractivity contribution in [3.05, 3.63) is 29.8 Å². The SMILES string of the molecule is Cc1cc(-c2nccnc2CC2CCCN(C(=O)C(C)(C)C)C2)n[nH]1. The molecule has 0 spiro atoms. The lowest BCUT2D eigenvalue weighted by molar-refractivity contribution is -0.141. The predicted molar refractivity (Wildman–Crippen MR) is 96.8 cm³/mol. The number of nitrogens with one attached hydrogen (secondary N) is 1. The highest BCUT2D eigenvalue weighted by molar-refractivity contribution is 5.81. The van der Waals surface area contributed by atoms with Gasteiger partial charge in [-0.05, 0) is 38.2 Å². The maximum Gasteiger partial charge on any atom is 0.227 e. The average molecular weight is 341 g/mol. The zero-order valence-corrected chi connectivity index (χ0v) is 15.5. The van der Waals surface area contributed by atoms with Crippen molar-refractivity contribution in [1.29, 1.82) is 0 Å². The van der Waals surface area contributed by atoms with E-state index in [4.69, 9.17) is 0 Å². The minimum atomic E-state index is -0.327. The zero-order valence-electron chi connectivity index (χ0n) is 15.5. The normalized spacial score (nSPS) is 18.4. The highest BCUT2D eigenvalue weighted by Crippen LogP contribution is 2.27. The van der Waals surface area contributed by atoms with Gasteiger partial charge < -0.3 is 4.90 Å². The quantitative estimate of drug-likeness (QED) is 0.931. The molecule has 1 aliphatic heterocycles. The highest BCUT2D eigenvalue weighted by atomic mass is 16.2. The summed E-state index contributed by atoms with van der Waals surface area (Å²) in [6.45, 7) is 9.59. The maximum absolute atomic E-state index is 12.6. The molecule has 0 radical (unpaired) electrons. The molecule has 1 amide bonds. The van der Waals surface area contributed by atoms with Crippen molar-refractivity contribution in [2.45, 2.75) is 47.0 Å². The van der Waals surface area contributed by atoms with Gasteiger partial charge >= 0.3 is 0 Å². The first-order valence-electron chi connectivity index (χ1n) is 8.96. The van der Waals surface area contributed by atoms with Crippen LogP contribution in [0.1, 0.15) is 45.0 Å². The van der Waals surface area contributed by atoms with Crippen molar-refractivity contribution in [3.63, 3.8) is 0 Å². The lowest BCUT2D eigenvalue weighted by Gasteiger charge is -2.36. The fourth-order valence-corrected chi connectivity index (χ4v) is 3.43. The molecule has 1 atom stereocenters. The van der Waals surface area contributed by atoms with Gasteiger partial charge in [-0.1, -0.05) is 20.8 Å². The Labute approximate surface area is 149 Å². The number of hydrogen-bond donors (Lipinski definition) is 1. The van der Waals surface area contributed by atoms with Crippen molar-refractivity contribution in [2.24, 2.45) is 11.3 Å².